The molecule has 2 heterocycles. The summed E-state index contributed by atoms with van der Waals surface area (Å²) in [6.07, 6.45) is -4.93. The molecule has 0 bridgehead atoms. The fourth-order valence-electron chi connectivity index (χ4n) is 2.90. The molecule has 1 aromatic carbocycles. The third-order valence-electron chi connectivity index (χ3n) is 4.72. The molecule has 2 aromatic heterocycles. The lowest BCUT2D eigenvalue weighted by Crippen LogP contribution is -2.41. The molecule has 0 aliphatic rings. The van der Waals surface area contributed by atoms with Crippen molar-refractivity contribution < 1.29 is 22.0 Å². The van der Waals surface area contributed by atoms with Gasteiger partial charge in [0.05, 0.1) is 11.1 Å². The summed E-state index contributed by atoms with van der Waals surface area (Å²) in [5.41, 5.74) is -4.97. The highest BCUT2D eigenvalue weighted by molar-refractivity contribution is 6.35. The Kier molecular flexibility index (Phi) is 5.12. The average Bonchev–Trinajstić information content (AvgIpc) is 3.04. The van der Waals surface area contributed by atoms with Crippen LogP contribution in [0.25, 0.3) is 16.7 Å². The van der Waals surface area contributed by atoms with Gasteiger partial charge in [-0.2, -0.15) is 13.2 Å². The lowest BCUT2D eigenvalue weighted by atomic mass is 10.2. The van der Waals surface area contributed by atoms with Crippen LogP contribution in [0, 0.1) is 5.82 Å². The molecule has 6 nitrogen and oxygen atoms in total. The second-order valence-corrected chi connectivity index (χ2v) is 7.17. The van der Waals surface area contributed by atoms with Gasteiger partial charge in [-0.15, -0.1) is 0 Å². The zero-order valence-corrected chi connectivity index (χ0v) is 16.5. The number of aromatic nitrogens is 2. The van der Waals surface area contributed by atoms with Crippen LogP contribution in [0.1, 0.15) is 24.4 Å². The summed E-state index contributed by atoms with van der Waals surface area (Å²) in [5, 5.41) is 0.194. The second-order valence-electron chi connectivity index (χ2n) is 6.76. The maximum absolute atomic E-state index is 14.8. The molecule has 0 amide bonds. The summed E-state index contributed by atoms with van der Waals surface area (Å²) in [5.74, 6) is -0.713. The van der Waals surface area contributed by atoms with Crippen molar-refractivity contribution in [3.8, 4) is 5.69 Å². The van der Waals surface area contributed by atoms with Gasteiger partial charge in [0, 0.05) is 18.5 Å². The third kappa shape index (κ3) is 3.46. The molecule has 0 N–H and O–H groups in total. The highest BCUT2D eigenvalue weighted by atomic mass is 35.5. The minimum atomic E-state index is -4.93. The van der Waals surface area contributed by atoms with Crippen molar-refractivity contribution >= 4 is 22.6 Å². The number of furan rings is 1. The van der Waals surface area contributed by atoms with Crippen LogP contribution in [-0.2, 0) is 13.2 Å². The van der Waals surface area contributed by atoms with E-state index in [9.17, 15) is 27.2 Å². The Bertz CT molecular complexity index is 1220. The summed E-state index contributed by atoms with van der Waals surface area (Å²) in [6, 6.07) is 2.38. The highest BCUT2D eigenvalue weighted by Crippen LogP contribution is 2.36. The Morgan fingerprint density at radius 1 is 1.17 bits per heavy atom. The molecule has 0 radical (unpaired) electrons. The standard InChI is InChI=1S/C18H16ClF4N3O3/c1-8(24(2)3)12-5-9-10(19)6-11(20)15(16(9)29-12)26-14(27)7-13(18(21,22)23)25(4)17(26)28/h5-8H,1-4H3. The van der Waals surface area contributed by atoms with Gasteiger partial charge in [0.25, 0.3) is 5.56 Å². The summed E-state index contributed by atoms with van der Waals surface area (Å²) in [4.78, 5) is 26.8. The van der Waals surface area contributed by atoms with E-state index in [-0.39, 0.29) is 32.7 Å². The Labute approximate surface area is 166 Å². The molecule has 0 saturated heterocycles. The minimum Gasteiger partial charge on any atom is -0.457 e. The summed E-state index contributed by atoms with van der Waals surface area (Å²) in [6.45, 7) is 1.80. The van der Waals surface area contributed by atoms with Crippen LogP contribution in [0.15, 0.2) is 32.2 Å². The number of hydrogen-bond acceptors (Lipinski definition) is 4. The second kappa shape index (κ2) is 7.03. The maximum Gasteiger partial charge on any atom is 0.431 e. The smallest absolute Gasteiger partial charge is 0.431 e. The van der Waals surface area contributed by atoms with Crippen LogP contribution >= 0.6 is 11.6 Å². The Morgan fingerprint density at radius 2 is 1.79 bits per heavy atom. The molecule has 3 aromatic rings. The van der Waals surface area contributed by atoms with Gasteiger partial charge in [-0.1, -0.05) is 11.6 Å². The molecule has 0 spiro atoms. The monoisotopic (exact) mass is 433 g/mol. The molecule has 3 rings (SSSR count). The lowest BCUT2D eigenvalue weighted by Gasteiger charge is -2.16. The van der Waals surface area contributed by atoms with E-state index in [2.05, 4.69) is 0 Å². The van der Waals surface area contributed by atoms with Crippen LogP contribution in [0.4, 0.5) is 17.6 Å². The number of benzene rings is 1. The van der Waals surface area contributed by atoms with Crippen LogP contribution in [0.2, 0.25) is 5.02 Å². The molecule has 0 fully saturated rings. The van der Waals surface area contributed by atoms with Crippen molar-refractivity contribution in [2.75, 3.05) is 14.1 Å². The molecule has 0 aliphatic carbocycles. The van der Waals surface area contributed by atoms with E-state index in [0.29, 0.717) is 10.3 Å². The van der Waals surface area contributed by atoms with Crippen molar-refractivity contribution in [1.29, 1.82) is 0 Å². The van der Waals surface area contributed by atoms with E-state index in [0.717, 1.165) is 13.1 Å². The normalized spacial score (nSPS) is 13.4. The van der Waals surface area contributed by atoms with Crippen LogP contribution in [0.5, 0.6) is 0 Å². The van der Waals surface area contributed by atoms with E-state index in [1.165, 1.54) is 6.07 Å². The molecule has 1 atom stereocenters. The number of halogens is 5. The number of rotatable bonds is 3. The molecule has 11 heteroatoms. The van der Waals surface area contributed by atoms with Crippen molar-refractivity contribution in [2.45, 2.75) is 19.1 Å². The zero-order chi connectivity index (χ0) is 21.8. The van der Waals surface area contributed by atoms with E-state index < -0.39 is 34.6 Å². The number of alkyl halides is 3. The topological polar surface area (TPSA) is 60.4 Å². The fourth-order valence-corrected chi connectivity index (χ4v) is 3.14. The predicted molar refractivity (Wildman–Crippen MR) is 99.1 cm³/mol. The highest BCUT2D eigenvalue weighted by Gasteiger charge is 2.35. The molecular formula is C18H16ClF4N3O3. The van der Waals surface area contributed by atoms with Gasteiger partial charge in [0.1, 0.15) is 17.1 Å². The predicted octanol–water partition coefficient (Wildman–Crippen LogP) is 3.72. The van der Waals surface area contributed by atoms with Crippen molar-refractivity contribution in [1.82, 2.24) is 14.0 Å². The van der Waals surface area contributed by atoms with Gasteiger partial charge >= 0.3 is 11.9 Å². The van der Waals surface area contributed by atoms with Gasteiger partial charge < -0.3 is 4.42 Å². The van der Waals surface area contributed by atoms with Crippen LogP contribution in [-0.4, -0.2) is 28.1 Å². The SMILES string of the molecule is CC(c1cc2c(Cl)cc(F)c(-n3c(=O)cc(C(F)(F)F)n(C)c3=O)c2o1)N(C)C. The fraction of sp³-hybridized carbons (Fsp3) is 0.333. The Hall–Kier alpha value is -2.59. The van der Waals surface area contributed by atoms with Crippen molar-refractivity contribution in [3.05, 3.63) is 61.3 Å². The van der Waals surface area contributed by atoms with Gasteiger partial charge in [-0.3, -0.25) is 14.3 Å². The Balaban J connectivity index is 2.41. The quantitative estimate of drug-likeness (QED) is 0.591. The largest absolute Gasteiger partial charge is 0.457 e. The van der Waals surface area contributed by atoms with E-state index in [1.54, 1.807) is 25.9 Å². The Morgan fingerprint density at radius 3 is 2.34 bits per heavy atom. The first-order valence-electron chi connectivity index (χ1n) is 8.33. The molecule has 29 heavy (non-hydrogen) atoms. The van der Waals surface area contributed by atoms with Gasteiger partial charge in [-0.25, -0.2) is 13.8 Å². The van der Waals surface area contributed by atoms with Gasteiger partial charge in [0.2, 0.25) is 0 Å². The molecule has 1 unspecified atom stereocenters. The van der Waals surface area contributed by atoms with Gasteiger partial charge in [0.15, 0.2) is 11.4 Å². The lowest BCUT2D eigenvalue weighted by molar-refractivity contribution is -0.144. The van der Waals surface area contributed by atoms with Gasteiger partial charge in [-0.05, 0) is 33.2 Å². The maximum atomic E-state index is 14.8. The summed E-state index contributed by atoms with van der Waals surface area (Å²) in [7, 11) is 4.39. The average molecular weight is 434 g/mol. The van der Waals surface area contributed by atoms with Crippen LogP contribution in [0.3, 0.4) is 0 Å². The van der Waals surface area contributed by atoms with Crippen molar-refractivity contribution in [2.24, 2.45) is 7.05 Å². The first-order valence-corrected chi connectivity index (χ1v) is 8.71. The van der Waals surface area contributed by atoms with E-state index >= 15 is 0 Å². The number of hydrogen-bond donors (Lipinski definition) is 0. The third-order valence-corrected chi connectivity index (χ3v) is 5.04. The first kappa shape index (κ1) is 21.1. The van der Waals surface area contributed by atoms with Crippen LogP contribution < -0.4 is 11.2 Å². The summed E-state index contributed by atoms with van der Waals surface area (Å²) >= 11 is 6.08. The zero-order valence-electron chi connectivity index (χ0n) is 15.8. The van der Waals surface area contributed by atoms with E-state index in [4.69, 9.17) is 16.0 Å². The van der Waals surface area contributed by atoms with E-state index in [1.807, 2.05) is 0 Å². The van der Waals surface area contributed by atoms with Crippen molar-refractivity contribution in [3.63, 3.8) is 0 Å². The molecular weight excluding hydrogens is 418 g/mol. The number of fused-ring (bicyclic) bond motifs is 1. The first-order chi connectivity index (χ1) is 13.3. The molecule has 0 saturated carbocycles. The molecule has 0 aliphatic heterocycles. The molecule has 156 valence electrons. The number of nitrogens with zero attached hydrogens (tertiary/aromatic N) is 3. The minimum absolute atomic E-state index is 0.0287. The summed E-state index contributed by atoms with van der Waals surface area (Å²) < 4.78 is 60.2.